The van der Waals surface area contributed by atoms with Crippen molar-refractivity contribution < 1.29 is 68.1 Å². The van der Waals surface area contributed by atoms with Gasteiger partial charge in [-0.3, -0.25) is 43.6 Å². The Bertz CT molecular complexity index is 1430. The fourth-order valence-corrected chi connectivity index (χ4v) is 11.2. The Hall–Kier alpha value is -2.27. The molecule has 464 valence electrons. The quantitative estimate of drug-likeness (QED) is 0.0194. The van der Waals surface area contributed by atoms with E-state index in [4.69, 9.17) is 23.7 Å². The number of aliphatic hydroxyl groups excluding tert-OH is 4. The number of aliphatic hydroxyl groups is 4. The second-order valence-electron chi connectivity index (χ2n) is 21.4. The summed E-state index contributed by atoms with van der Waals surface area (Å²) < 4.78 is 26.4. The van der Waals surface area contributed by atoms with Gasteiger partial charge in [-0.05, 0) is 103 Å². The smallest absolute Gasteiger partial charge is 0.305 e. The van der Waals surface area contributed by atoms with Crippen LogP contribution in [0.4, 0.5) is 0 Å². The number of piperazine rings is 1. The Labute approximate surface area is 485 Å². The maximum absolute atomic E-state index is 12.8. The second kappa shape index (κ2) is 52.5. The number of rotatable bonds is 55. The number of carbonyl (C=O) groups is 5. The van der Waals surface area contributed by atoms with Gasteiger partial charge in [0, 0.05) is 109 Å². The zero-order valence-electron chi connectivity index (χ0n) is 49.8. The summed E-state index contributed by atoms with van der Waals surface area (Å²) in [5.74, 6) is 0.925. The third-order valence-electron chi connectivity index (χ3n) is 13.8. The number of carbonyl (C=O) groups excluding carboxylic acids is 5. The molecule has 0 aliphatic carbocycles. The summed E-state index contributed by atoms with van der Waals surface area (Å²) in [6.07, 6.45) is 16.3. The Morgan fingerprint density at radius 2 is 0.722 bits per heavy atom. The molecule has 0 saturated carbocycles. The summed E-state index contributed by atoms with van der Waals surface area (Å²) in [4.78, 5) is 69.4. The van der Waals surface area contributed by atoms with Gasteiger partial charge >= 0.3 is 29.8 Å². The lowest BCUT2D eigenvalue weighted by molar-refractivity contribution is -0.145. The van der Waals surface area contributed by atoms with Gasteiger partial charge in [-0.1, -0.05) is 101 Å². The van der Waals surface area contributed by atoms with Crippen LogP contribution in [0.2, 0.25) is 0 Å². The minimum atomic E-state index is -0.716. The van der Waals surface area contributed by atoms with Crippen molar-refractivity contribution in [2.75, 3.05) is 123 Å². The Morgan fingerprint density at radius 3 is 1.15 bits per heavy atom. The second-order valence-corrected chi connectivity index (χ2v) is 24.1. The van der Waals surface area contributed by atoms with E-state index in [1.807, 2.05) is 40.3 Å². The molecule has 0 aromatic rings. The van der Waals surface area contributed by atoms with Gasteiger partial charge in [-0.25, -0.2) is 0 Å². The van der Waals surface area contributed by atoms with Crippen LogP contribution in [0.25, 0.3) is 0 Å². The van der Waals surface area contributed by atoms with Crippen molar-refractivity contribution in [1.82, 2.24) is 19.6 Å². The van der Waals surface area contributed by atoms with E-state index < -0.39 is 24.4 Å². The maximum atomic E-state index is 12.8. The first-order chi connectivity index (χ1) is 38.3. The molecule has 18 nitrogen and oxygen atoms in total. The summed E-state index contributed by atoms with van der Waals surface area (Å²) in [5, 5.41) is 43.6. The molecule has 20 heteroatoms. The summed E-state index contributed by atoms with van der Waals surface area (Å²) in [6.45, 7) is 18.4. The molecule has 0 aromatic heterocycles. The van der Waals surface area contributed by atoms with Crippen LogP contribution in [0.5, 0.6) is 0 Å². The average Bonchev–Trinajstić information content (AvgIpc) is 3.41. The number of ether oxygens (including phenoxy) is 5. The summed E-state index contributed by atoms with van der Waals surface area (Å²) in [6, 6.07) is 0. The highest BCUT2D eigenvalue weighted by Gasteiger charge is 2.21. The number of unbranched alkanes of at least 4 members (excludes halogenated alkanes) is 8. The average molecular weight is 1170 g/mol. The zero-order valence-corrected chi connectivity index (χ0v) is 51.4. The van der Waals surface area contributed by atoms with Gasteiger partial charge in [0.1, 0.15) is 6.61 Å². The minimum Gasteiger partial charge on any atom is -0.466 e. The summed E-state index contributed by atoms with van der Waals surface area (Å²) in [5.41, 5.74) is 0. The van der Waals surface area contributed by atoms with E-state index in [1.165, 1.54) is 0 Å². The highest BCUT2D eigenvalue weighted by atomic mass is 33.1. The molecule has 79 heavy (non-hydrogen) atoms. The van der Waals surface area contributed by atoms with E-state index in [2.05, 4.69) is 28.5 Å². The zero-order chi connectivity index (χ0) is 58.0. The van der Waals surface area contributed by atoms with Crippen molar-refractivity contribution >= 4 is 51.4 Å². The normalized spacial score (nSPS) is 14.8. The molecule has 0 bridgehead atoms. The van der Waals surface area contributed by atoms with E-state index >= 15 is 0 Å². The standard InChI is InChI=1S/C59H112N4O14S2/c1-5-9-42-75-55(68)27-17-13-11-15-23-51(64)47-63(48-52(65)24-16-12-14-18-28-56(69)76-43-10-6-2)33-22-45-78-79-46-39-61-36-34-60(35-37-61)38-44-77-59(72)31-21-32-62(49-53(66)25-19-29-57(70)73-40-7-3)50-54(67)26-20-30-58(71)74-41-8-4/h51-54,64-67H,5-50H2,1-4H3. The van der Waals surface area contributed by atoms with E-state index in [0.717, 1.165) is 147 Å². The molecule has 4 unspecified atom stereocenters. The van der Waals surface area contributed by atoms with Crippen LogP contribution < -0.4 is 0 Å². The van der Waals surface area contributed by atoms with Crippen molar-refractivity contribution in [1.29, 1.82) is 0 Å². The van der Waals surface area contributed by atoms with Crippen LogP contribution in [-0.2, 0) is 47.7 Å². The number of hydrogen-bond acceptors (Lipinski definition) is 20. The van der Waals surface area contributed by atoms with Crippen LogP contribution in [0.3, 0.4) is 0 Å². The molecule has 0 aromatic carbocycles. The largest absolute Gasteiger partial charge is 0.466 e. The lowest BCUT2D eigenvalue weighted by Gasteiger charge is -2.34. The highest BCUT2D eigenvalue weighted by molar-refractivity contribution is 8.76. The van der Waals surface area contributed by atoms with E-state index in [1.54, 1.807) is 0 Å². The summed E-state index contributed by atoms with van der Waals surface area (Å²) >= 11 is 0. The van der Waals surface area contributed by atoms with Gasteiger partial charge in [0.15, 0.2) is 0 Å². The van der Waals surface area contributed by atoms with Crippen LogP contribution >= 0.6 is 21.6 Å². The SMILES string of the molecule is CCCCOC(=O)CCCCCCC(O)CN(CCCSSCCN1CCN(CCOC(=O)CCCN(CC(O)CCCC(=O)OCCC)CC(O)CCCC(=O)OCCC)CC1)CC(O)CCCCCCC(=O)OCCCC. The van der Waals surface area contributed by atoms with Crippen molar-refractivity contribution in [3.8, 4) is 0 Å². The van der Waals surface area contributed by atoms with E-state index in [9.17, 15) is 44.4 Å². The van der Waals surface area contributed by atoms with Crippen LogP contribution in [0.1, 0.15) is 201 Å². The predicted molar refractivity (Wildman–Crippen MR) is 317 cm³/mol. The molecule has 0 radical (unpaired) electrons. The monoisotopic (exact) mass is 1160 g/mol. The Morgan fingerprint density at radius 1 is 0.380 bits per heavy atom. The van der Waals surface area contributed by atoms with E-state index in [0.29, 0.717) is 117 Å². The molecular weight excluding hydrogens is 1050 g/mol. The van der Waals surface area contributed by atoms with Gasteiger partial charge < -0.3 is 44.1 Å². The summed E-state index contributed by atoms with van der Waals surface area (Å²) in [7, 11) is 3.76. The molecule has 1 heterocycles. The van der Waals surface area contributed by atoms with Crippen molar-refractivity contribution in [2.24, 2.45) is 0 Å². The topological polar surface area (TPSA) is 225 Å². The van der Waals surface area contributed by atoms with Gasteiger partial charge in [-0.15, -0.1) is 0 Å². The van der Waals surface area contributed by atoms with Crippen molar-refractivity contribution in [3.05, 3.63) is 0 Å². The molecule has 1 rings (SSSR count). The number of esters is 5. The minimum absolute atomic E-state index is 0.123. The molecule has 1 fully saturated rings. The van der Waals surface area contributed by atoms with Gasteiger partial charge in [-0.2, -0.15) is 0 Å². The first-order valence-electron chi connectivity index (χ1n) is 30.9. The molecule has 0 amide bonds. The molecule has 1 aliphatic heterocycles. The fraction of sp³-hybridized carbons (Fsp3) is 0.915. The molecule has 0 spiro atoms. The molecule has 4 atom stereocenters. The fourth-order valence-electron chi connectivity index (χ4n) is 9.10. The third-order valence-corrected chi connectivity index (χ3v) is 16.2. The maximum Gasteiger partial charge on any atom is 0.305 e. The van der Waals surface area contributed by atoms with Crippen molar-refractivity contribution in [3.63, 3.8) is 0 Å². The Balaban J connectivity index is 2.43. The van der Waals surface area contributed by atoms with Gasteiger partial charge in [0.05, 0.1) is 50.8 Å². The number of nitrogens with zero attached hydrogens (tertiary/aromatic N) is 4. The molecule has 1 saturated heterocycles. The van der Waals surface area contributed by atoms with Gasteiger partial charge in [0.25, 0.3) is 0 Å². The first kappa shape index (κ1) is 74.7. The van der Waals surface area contributed by atoms with Crippen molar-refractivity contribution in [2.45, 2.75) is 225 Å². The highest BCUT2D eigenvalue weighted by Crippen LogP contribution is 2.23. The number of hydrogen-bond donors (Lipinski definition) is 4. The van der Waals surface area contributed by atoms with E-state index in [-0.39, 0.29) is 62.2 Å². The lowest BCUT2D eigenvalue weighted by atomic mass is 10.1. The molecular formula is C59H112N4O14S2. The Kier molecular flexibility index (Phi) is 49.7. The third kappa shape index (κ3) is 46.9. The molecule has 4 N–H and O–H groups in total. The van der Waals surface area contributed by atoms with Gasteiger partial charge in [0.2, 0.25) is 0 Å². The molecule has 1 aliphatic rings. The first-order valence-corrected chi connectivity index (χ1v) is 33.4. The van der Waals surface area contributed by atoms with Crippen LogP contribution in [0.15, 0.2) is 0 Å². The van der Waals surface area contributed by atoms with Crippen LogP contribution in [-0.4, -0.2) is 217 Å². The van der Waals surface area contributed by atoms with Crippen LogP contribution in [0, 0.1) is 0 Å². The lowest BCUT2D eigenvalue weighted by Crippen LogP contribution is -2.47. The predicted octanol–water partition coefficient (Wildman–Crippen LogP) is 8.36.